The van der Waals surface area contributed by atoms with E-state index in [1.54, 1.807) is 0 Å². The smallest absolute Gasteiger partial charge is 0.303 e. The molecule has 4 aliphatic carbocycles. The van der Waals surface area contributed by atoms with Gasteiger partial charge >= 0.3 is 5.97 Å². The van der Waals surface area contributed by atoms with Crippen LogP contribution in [0.3, 0.4) is 0 Å². The number of ketones is 1. The zero-order chi connectivity index (χ0) is 19.4. The summed E-state index contributed by atoms with van der Waals surface area (Å²) in [5, 5.41) is 9.08. The van der Waals surface area contributed by atoms with Crippen LogP contribution in [0.2, 0.25) is 0 Å². The largest absolute Gasteiger partial charge is 0.481 e. The Bertz CT molecular complexity index is 613. The first-order valence-electron chi connectivity index (χ1n) is 11.5. The lowest BCUT2D eigenvalue weighted by atomic mass is 9.44. The van der Waals surface area contributed by atoms with Crippen LogP contribution in [0.5, 0.6) is 0 Å². The number of carboxylic acids is 1. The van der Waals surface area contributed by atoms with E-state index in [1.165, 1.54) is 51.4 Å². The maximum Gasteiger partial charge on any atom is 0.303 e. The number of carboxylic acid groups (broad SMARTS) is 1. The predicted molar refractivity (Wildman–Crippen MR) is 106 cm³/mol. The number of fused-ring (bicyclic) bond motifs is 5. The van der Waals surface area contributed by atoms with Crippen molar-refractivity contribution in [1.82, 2.24) is 0 Å². The third-order valence-corrected chi connectivity index (χ3v) is 9.96. The van der Waals surface area contributed by atoms with E-state index >= 15 is 0 Å². The van der Waals surface area contributed by atoms with Crippen LogP contribution in [0.4, 0.5) is 0 Å². The monoisotopic (exact) mass is 374 g/mol. The van der Waals surface area contributed by atoms with Gasteiger partial charge in [-0.1, -0.05) is 33.6 Å². The van der Waals surface area contributed by atoms with Crippen molar-refractivity contribution in [2.75, 3.05) is 0 Å². The fraction of sp³-hybridized carbons (Fsp3) is 0.917. The summed E-state index contributed by atoms with van der Waals surface area (Å²) in [6.45, 7) is 7.23. The molecule has 0 radical (unpaired) electrons. The van der Waals surface area contributed by atoms with Crippen molar-refractivity contribution in [2.24, 2.45) is 46.3 Å². The molecule has 0 aromatic heterocycles. The lowest BCUT2D eigenvalue weighted by molar-refractivity contribution is -0.156. The summed E-state index contributed by atoms with van der Waals surface area (Å²) in [4.78, 5) is 24.4. The van der Waals surface area contributed by atoms with Gasteiger partial charge in [0.15, 0.2) is 0 Å². The number of Topliss-reactive ketones (excluding diaryl/α,β-unsaturated/α-hetero) is 1. The Morgan fingerprint density at radius 2 is 1.81 bits per heavy atom. The van der Waals surface area contributed by atoms with Gasteiger partial charge in [-0.15, -0.1) is 0 Å². The number of hydrogen-bond acceptors (Lipinski definition) is 2. The van der Waals surface area contributed by atoms with Crippen molar-refractivity contribution in [1.29, 1.82) is 0 Å². The van der Waals surface area contributed by atoms with E-state index in [-0.39, 0.29) is 11.8 Å². The quantitative estimate of drug-likeness (QED) is 0.685. The van der Waals surface area contributed by atoms with Crippen LogP contribution >= 0.6 is 0 Å². The van der Waals surface area contributed by atoms with Crippen molar-refractivity contribution in [3.8, 4) is 0 Å². The normalized spacial score (nSPS) is 47.7. The average Bonchev–Trinajstić information content (AvgIpc) is 2.97. The van der Waals surface area contributed by atoms with Crippen molar-refractivity contribution in [3.05, 3.63) is 0 Å². The number of carbonyl (C=O) groups excluding carboxylic acids is 1. The minimum Gasteiger partial charge on any atom is -0.481 e. The summed E-state index contributed by atoms with van der Waals surface area (Å²) < 4.78 is 0. The lowest BCUT2D eigenvalue weighted by Gasteiger charge is -2.60. The maximum atomic E-state index is 13.3. The van der Waals surface area contributed by atoms with Crippen LogP contribution in [0, 0.1) is 46.3 Å². The summed E-state index contributed by atoms with van der Waals surface area (Å²) in [5.41, 5.74) is 0.637. The standard InChI is InChI=1S/C24H38O3/c1-15(7-10-21(26)27)17-8-9-18-22-19(11-13-24(17,18)3)23(2)12-5-4-6-16(23)14-20(22)25/h15-19,22H,4-14H2,1-3H3,(H,26,27)/t15-,16-,17+,18+,19+,22-,23-,24+/m0/s1. The molecule has 27 heavy (non-hydrogen) atoms. The Hall–Kier alpha value is -0.860. The molecule has 0 spiro atoms. The number of carbonyl (C=O) groups is 2. The molecule has 8 atom stereocenters. The molecular formula is C24H38O3. The first-order chi connectivity index (χ1) is 12.8. The Morgan fingerprint density at radius 1 is 1.07 bits per heavy atom. The van der Waals surface area contributed by atoms with Crippen molar-refractivity contribution in [2.45, 2.75) is 91.4 Å². The first kappa shape index (κ1) is 19.5. The van der Waals surface area contributed by atoms with Crippen LogP contribution < -0.4 is 0 Å². The first-order valence-corrected chi connectivity index (χ1v) is 11.5. The summed E-state index contributed by atoms with van der Waals surface area (Å²) >= 11 is 0. The zero-order valence-corrected chi connectivity index (χ0v) is 17.5. The van der Waals surface area contributed by atoms with Crippen LogP contribution in [-0.2, 0) is 9.59 Å². The maximum absolute atomic E-state index is 13.3. The molecule has 4 rings (SSSR count). The van der Waals surface area contributed by atoms with Gasteiger partial charge in [-0.05, 0) is 85.4 Å². The van der Waals surface area contributed by atoms with E-state index in [9.17, 15) is 9.59 Å². The van der Waals surface area contributed by atoms with E-state index < -0.39 is 5.97 Å². The van der Waals surface area contributed by atoms with Gasteiger partial charge in [0.25, 0.3) is 0 Å². The molecular weight excluding hydrogens is 336 g/mol. The van der Waals surface area contributed by atoms with Gasteiger partial charge in [0.05, 0.1) is 0 Å². The molecule has 3 heteroatoms. The second-order valence-corrected chi connectivity index (χ2v) is 11.0. The molecule has 4 aliphatic rings. The van der Waals surface area contributed by atoms with E-state index in [4.69, 9.17) is 5.11 Å². The highest BCUT2D eigenvalue weighted by Crippen LogP contribution is 2.67. The molecule has 0 heterocycles. The second kappa shape index (κ2) is 6.88. The van der Waals surface area contributed by atoms with Gasteiger partial charge in [-0.3, -0.25) is 9.59 Å². The van der Waals surface area contributed by atoms with Gasteiger partial charge in [0.2, 0.25) is 0 Å². The highest BCUT2D eigenvalue weighted by Gasteiger charge is 2.62. The van der Waals surface area contributed by atoms with Crippen LogP contribution in [0.25, 0.3) is 0 Å². The Balaban J connectivity index is 1.57. The Morgan fingerprint density at radius 3 is 2.56 bits per heavy atom. The lowest BCUT2D eigenvalue weighted by Crippen LogP contribution is -2.56. The summed E-state index contributed by atoms with van der Waals surface area (Å²) in [5.74, 6) is 3.02. The van der Waals surface area contributed by atoms with Gasteiger partial charge < -0.3 is 5.11 Å². The van der Waals surface area contributed by atoms with E-state index in [0.29, 0.717) is 46.7 Å². The molecule has 0 aromatic rings. The number of hydrogen-bond donors (Lipinski definition) is 1. The fourth-order valence-electron chi connectivity index (χ4n) is 8.49. The zero-order valence-electron chi connectivity index (χ0n) is 17.5. The van der Waals surface area contributed by atoms with Crippen molar-refractivity contribution >= 4 is 11.8 Å². The Labute approximate surface area is 164 Å². The predicted octanol–water partition coefficient (Wildman–Crippen LogP) is 5.72. The van der Waals surface area contributed by atoms with Crippen molar-refractivity contribution < 1.29 is 14.7 Å². The third-order valence-electron chi connectivity index (χ3n) is 9.96. The summed E-state index contributed by atoms with van der Waals surface area (Å²) in [6, 6.07) is 0. The van der Waals surface area contributed by atoms with E-state index in [2.05, 4.69) is 20.8 Å². The molecule has 0 saturated heterocycles. The van der Waals surface area contributed by atoms with E-state index in [1.807, 2.05) is 0 Å². The Kier molecular flexibility index (Phi) is 4.96. The van der Waals surface area contributed by atoms with Crippen LogP contribution in [0.15, 0.2) is 0 Å². The van der Waals surface area contributed by atoms with Gasteiger partial charge in [0.1, 0.15) is 5.78 Å². The summed E-state index contributed by atoms with van der Waals surface area (Å²) in [6.07, 6.45) is 12.0. The van der Waals surface area contributed by atoms with Gasteiger partial charge in [-0.25, -0.2) is 0 Å². The highest BCUT2D eigenvalue weighted by atomic mass is 16.4. The fourth-order valence-corrected chi connectivity index (χ4v) is 8.49. The molecule has 152 valence electrons. The van der Waals surface area contributed by atoms with Crippen molar-refractivity contribution in [3.63, 3.8) is 0 Å². The summed E-state index contributed by atoms with van der Waals surface area (Å²) in [7, 11) is 0. The van der Waals surface area contributed by atoms with Gasteiger partial charge in [0, 0.05) is 18.8 Å². The third kappa shape index (κ3) is 2.99. The van der Waals surface area contributed by atoms with Gasteiger partial charge in [-0.2, -0.15) is 0 Å². The number of aliphatic carboxylic acids is 1. The molecule has 1 N–H and O–H groups in total. The molecule has 0 unspecified atom stereocenters. The molecule has 4 fully saturated rings. The van der Waals surface area contributed by atoms with Crippen LogP contribution in [-0.4, -0.2) is 16.9 Å². The number of rotatable bonds is 4. The molecule has 4 saturated carbocycles. The minimum atomic E-state index is -0.677. The highest BCUT2D eigenvalue weighted by molar-refractivity contribution is 5.83. The van der Waals surface area contributed by atoms with Crippen LogP contribution in [0.1, 0.15) is 91.4 Å². The molecule has 0 aliphatic heterocycles. The molecule has 0 aromatic carbocycles. The molecule has 0 amide bonds. The molecule has 0 bridgehead atoms. The minimum absolute atomic E-state index is 0.243. The SMILES string of the molecule is C[C@@H](CCC(=O)O)[C@H]1CC[C@@H]2[C@@H]3C(=O)C[C@@H]4CCCC[C@]4(C)[C@@H]3CC[C@@]21C. The topological polar surface area (TPSA) is 54.4 Å². The average molecular weight is 375 g/mol. The van der Waals surface area contributed by atoms with E-state index in [0.717, 1.165) is 12.8 Å². The molecule has 3 nitrogen and oxygen atoms in total. The second-order valence-electron chi connectivity index (χ2n) is 11.0.